The lowest BCUT2D eigenvalue weighted by atomic mass is 9.90. The molecule has 4 aromatic rings. The fourth-order valence-electron chi connectivity index (χ4n) is 3.06. The van der Waals surface area contributed by atoms with Crippen LogP contribution < -0.4 is 0 Å². The summed E-state index contributed by atoms with van der Waals surface area (Å²) in [5.41, 5.74) is -0.872. The maximum atomic E-state index is 14.6. The number of hydrogen-bond acceptors (Lipinski definition) is 7. The lowest BCUT2D eigenvalue weighted by Crippen LogP contribution is -2.41. The van der Waals surface area contributed by atoms with Gasteiger partial charge in [-0.2, -0.15) is 9.47 Å². The van der Waals surface area contributed by atoms with Crippen LogP contribution >= 0.6 is 39.2 Å². The van der Waals surface area contributed by atoms with Crippen molar-refractivity contribution in [1.29, 1.82) is 0 Å². The van der Waals surface area contributed by atoms with Crippen molar-refractivity contribution in [3.63, 3.8) is 0 Å². The van der Waals surface area contributed by atoms with Crippen LogP contribution in [0.4, 0.5) is 8.78 Å². The molecule has 0 bridgehead atoms. The summed E-state index contributed by atoms with van der Waals surface area (Å²) in [4.78, 5) is 8.43. The number of benzene rings is 2. The molecular weight excluding hydrogens is 508 g/mol. The predicted octanol–water partition coefficient (Wildman–Crippen LogP) is 4.91. The minimum absolute atomic E-state index is 0.0259. The summed E-state index contributed by atoms with van der Waals surface area (Å²) in [6.07, 6.45) is 2.76. The third-order valence-electron chi connectivity index (χ3n) is 4.73. The lowest BCUT2D eigenvalue weighted by molar-refractivity contribution is 0.0133. The number of rotatable bonds is 7. The molecule has 0 aliphatic carbocycles. The molecule has 0 aliphatic rings. The largest absolute Gasteiger partial charge is 0.382 e. The van der Waals surface area contributed by atoms with Crippen molar-refractivity contribution in [2.75, 3.05) is 0 Å². The molecule has 0 radical (unpaired) electrons. The highest BCUT2D eigenvalue weighted by atomic mass is 79.9. The van der Waals surface area contributed by atoms with Crippen LogP contribution in [0.15, 0.2) is 63.9 Å². The summed E-state index contributed by atoms with van der Waals surface area (Å²) in [6, 6.07) is 10.7. The van der Waals surface area contributed by atoms with Gasteiger partial charge in [0.15, 0.2) is 10.2 Å². The number of thioether (sulfide) groups is 1. The first-order valence-electron chi connectivity index (χ1n) is 9.12. The Morgan fingerprint density at radius 1 is 1.23 bits per heavy atom. The highest BCUT2D eigenvalue weighted by Gasteiger charge is 2.40. The molecule has 0 aliphatic heterocycles. The van der Waals surface area contributed by atoms with Gasteiger partial charge < -0.3 is 5.11 Å². The molecular formula is C20H16BrF2N5OS2. The number of halogens is 3. The van der Waals surface area contributed by atoms with Gasteiger partial charge in [0, 0.05) is 26.9 Å². The van der Waals surface area contributed by atoms with E-state index in [-0.39, 0.29) is 12.1 Å². The van der Waals surface area contributed by atoms with Crippen LogP contribution in [0, 0.1) is 11.6 Å². The van der Waals surface area contributed by atoms with Crippen molar-refractivity contribution >= 4 is 39.2 Å². The molecule has 11 heteroatoms. The molecule has 2 atom stereocenters. The molecule has 4 rings (SSSR count). The molecule has 2 heterocycles. The van der Waals surface area contributed by atoms with Crippen LogP contribution in [0.5, 0.6) is 0 Å². The summed E-state index contributed by atoms with van der Waals surface area (Å²) in [5, 5.41) is 15.0. The van der Waals surface area contributed by atoms with E-state index in [0.29, 0.717) is 10.2 Å². The molecule has 0 saturated heterocycles. The number of nitrogens with zero attached hydrogens (tertiary/aromatic N) is 5. The summed E-state index contributed by atoms with van der Waals surface area (Å²) in [5.74, 6) is -0.976. The summed E-state index contributed by atoms with van der Waals surface area (Å²) < 4.78 is 35.5. The van der Waals surface area contributed by atoms with E-state index in [1.807, 2.05) is 24.3 Å². The van der Waals surface area contributed by atoms with E-state index in [4.69, 9.17) is 0 Å². The second-order valence-corrected chi connectivity index (χ2v) is 10.0. The molecule has 0 saturated carbocycles. The van der Waals surface area contributed by atoms with Crippen molar-refractivity contribution in [2.45, 2.75) is 28.7 Å². The summed E-state index contributed by atoms with van der Waals surface area (Å²) >= 11 is 5.85. The molecule has 0 spiro atoms. The maximum Gasteiger partial charge on any atom is 0.174 e. The Morgan fingerprint density at radius 2 is 2.00 bits per heavy atom. The van der Waals surface area contributed by atoms with Crippen LogP contribution in [-0.4, -0.2) is 34.5 Å². The Labute approximate surface area is 193 Å². The van der Waals surface area contributed by atoms with Gasteiger partial charge in [-0.1, -0.05) is 45.9 Å². The number of aromatic nitrogens is 5. The molecule has 0 amide bonds. The Kier molecular flexibility index (Phi) is 6.47. The quantitative estimate of drug-likeness (QED) is 0.347. The van der Waals surface area contributed by atoms with Crippen molar-refractivity contribution in [3.05, 3.63) is 76.8 Å². The first-order valence-corrected chi connectivity index (χ1v) is 11.6. The van der Waals surface area contributed by atoms with Gasteiger partial charge >= 0.3 is 0 Å². The van der Waals surface area contributed by atoms with Gasteiger partial charge in [-0.05, 0) is 36.7 Å². The van der Waals surface area contributed by atoms with Gasteiger partial charge in [0.25, 0.3) is 0 Å². The average Bonchev–Trinajstić information content (AvgIpc) is 3.40. The minimum atomic E-state index is -1.71. The first-order chi connectivity index (χ1) is 14.8. The molecule has 31 heavy (non-hydrogen) atoms. The summed E-state index contributed by atoms with van der Waals surface area (Å²) in [6.45, 7) is 1.69. The smallest absolute Gasteiger partial charge is 0.174 e. The fraction of sp³-hybridized carbons (Fsp3) is 0.200. The molecule has 2 aromatic heterocycles. The third kappa shape index (κ3) is 4.84. The molecule has 1 unspecified atom stereocenters. The van der Waals surface area contributed by atoms with E-state index < -0.39 is 22.5 Å². The lowest BCUT2D eigenvalue weighted by Gasteiger charge is -2.33. The van der Waals surface area contributed by atoms with Crippen LogP contribution in [0.3, 0.4) is 0 Å². The zero-order chi connectivity index (χ0) is 22.0. The third-order valence-corrected chi connectivity index (χ3v) is 7.32. The van der Waals surface area contributed by atoms with E-state index in [1.165, 1.54) is 46.7 Å². The second-order valence-electron chi connectivity index (χ2n) is 6.79. The maximum absolute atomic E-state index is 14.6. The molecule has 160 valence electrons. The van der Waals surface area contributed by atoms with Gasteiger partial charge in [-0.25, -0.2) is 23.4 Å². The van der Waals surface area contributed by atoms with Crippen molar-refractivity contribution in [3.8, 4) is 11.4 Å². The monoisotopic (exact) mass is 523 g/mol. The van der Waals surface area contributed by atoms with Gasteiger partial charge in [-0.15, -0.1) is 0 Å². The summed E-state index contributed by atoms with van der Waals surface area (Å²) in [7, 11) is 0. The van der Waals surface area contributed by atoms with E-state index >= 15 is 0 Å². The Balaban J connectivity index is 1.63. The molecule has 1 N–H and O–H groups in total. The Hall–Kier alpha value is -2.21. The van der Waals surface area contributed by atoms with Crippen molar-refractivity contribution in [1.82, 2.24) is 24.1 Å². The zero-order valence-corrected chi connectivity index (χ0v) is 19.3. The SMILES string of the molecule is C[C@@H](Sc1nc(-c2ccc(Br)cc2)ns1)C(O)(Cn1cncn1)c1ccc(F)cc1F. The minimum Gasteiger partial charge on any atom is -0.382 e. The number of hydrogen-bond donors (Lipinski definition) is 1. The van der Waals surface area contributed by atoms with E-state index in [9.17, 15) is 13.9 Å². The standard InChI is InChI=1S/C20H16BrF2N5OS2/c1-12(30-19-26-18(27-31-19)13-2-4-14(21)5-3-13)20(29,9-28-11-24-10-25-28)16-7-6-15(22)8-17(16)23/h2-8,10-12,29H,9H2,1H3/t12-,20?/m1/s1. The van der Waals surface area contributed by atoms with Crippen molar-refractivity contribution < 1.29 is 13.9 Å². The first kappa shape index (κ1) is 22.0. The Bertz CT molecular complexity index is 1170. The Morgan fingerprint density at radius 3 is 2.68 bits per heavy atom. The normalized spacial score (nSPS) is 14.4. The van der Waals surface area contributed by atoms with E-state index in [0.717, 1.165) is 22.2 Å². The topological polar surface area (TPSA) is 76.7 Å². The predicted molar refractivity (Wildman–Crippen MR) is 119 cm³/mol. The molecule has 2 aromatic carbocycles. The molecule has 0 fully saturated rings. The average molecular weight is 524 g/mol. The van der Waals surface area contributed by atoms with Crippen LogP contribution in [0.25, 0.3) is 11.4 Å². The van der Waals surface area contributed by atoms with Crippen LogP contribution in [-0.2, 0) is 12.1 Å². The zero-order valence-electron chi connectivity index (χ0n) is 16.1. The van der Waals surface area contributed by atoms with Crippen LogP contribution in [0.2, 0.25) is 0 Å². The van der Waals surface area contributed by atoms with E-state index in [1.54, 1.807) is 6.92 Å². The fourth-order valence-corrected chi connectivity index (χ4v) is 5.31. The van der Waals surface area contributed by atoms with Gasteiger partial charge in [0.05, 0.1) is 6.54 Å². The highest BCUT2D eigenvalue weighted by molar-refractivity contribution is 9.10. The van der Waals surface area contributed by atoms with Crippen molar-refractivity contribution in [2.24, 2.45) is 0 Å². The highest BCUT2D eigenvalue weighted by Crippen LogP contribution is 2.40. The van der Waals surface area contributed by atoms with Crippen LogP contribution in [0.1, 0.15) is 12.5 Å². The van der Waals surface area contributed by atoms with Gasteiger partial charge in [0.1, 0.15) is 29.9 Å². The second kappa shape index (κ2) is 9.11. The van der Waals surface area contributed by atoms with Gasteiger partial charge in [0.2, 0.25) is 0 Å². The number of aliphatic hydroxyl groups is 1. The van der Waals surface area contributed by atoms with E-state index in [2.05, 4.69) is 35.4 Å². The molecule has 6 nitrogen and oxygen atoms in total. The van der Waals surface area contributed by atoms with Gasteiger partial charge in [-0.3, -0.25) is 0 Å².